The molecule has 0 spiro atoms. The van der Waals surface area contributed by atoms with Gasteiger partial charge < -0.3 is 14.1 Å². The molecule has 5 heteroatoms. The van der Waals surface area contributed by atoms with Crippen LogP contribution < -0.4 is 0 Å². The molecular weight excluding hydrogens is 478 g/mol. The van der Waals surface area contributed by atoms with E-state index in [-0.39, 0.29) is 0 Å². The molecule has 0 aliphatic heterocycles. The minimum absolute atomic E-state index is 1.02. The van der Waals surface area contributed by atoms with Crippen LogP contribution >= 0.6 is 0 Å². The summed E-state index contributed by atoms with van der Waals surface area (Å²) in [6.07, 6.45) is 28.0. The summed E-state index contributed by atoms with van der Waals surface area (Å²) in [6.45, 7) is 0. The van der Waals surface area contributed by atoms with Gasteiger partial charge in [0.1, 0.15) is 0 Å². The van der Waals surface area contributed by atoms with Gasteiger partial charge in [-0.2, -0.15) is 0 Å². The van der Waals surface area contributed by atoms with Crippen molar-refractivity contribution < 1.29 is 0 Å². The van der Waals surface area contributed by atoms with Crippen molar-refractivity contribution in [1.82, 2.24) is 24.1 Å². The molecule has 3 aliphatic carbocycles. The van der Waals surface area contributed by atoms with Crippen molar-refractivity contribution >= 4 is 50.9 Å². The van der Waals surface area contributed by atoms with Gasteiger partial charge in [-0.1, -0.05) is 30.4 Å². The number of hydrogen-bond acceptors (Lipinski definition) is 2. The number of benzene rings is 1. The van der Waals surface area contributed by atoms with Gasteiger partial charge in [0.2, 0.25) is 0 Å². The van der Waals surface area contributed by atoms with Gasteiger partial charge in [-0.25, -0.2) is 0 Å². The Morgan fingerprint density at radius 1 is 0.615 bits per heavy atom. The van der Waals surface area contributed by atoms with E-state index in [0.717, 1.165) is 44.2 Å². The van der Waals surface area contributed by atoms with Crippen LogP contribution in [-0.4, -0.2) is 24.1 Å². The van der Waals surface area contributed by atoms with Gasteiger partial charge in [-0.15, -0.1) is 0 Å². The molecule has 0 bridgehead atoms. The molecule has 1 N–H and O–H groups in total. The van der Waals surface area contributed by atoms with Crippen molar-refractivity contribution in [2.24, 2.45) is 0 Å². The van der Waals surface area contributed by atoms with Crippen molar-refractivity contribution in [3.8, 4) is 11.4 Å². The largest absolute Gasteiger partial charge is 0.357 e. The summed E-state index contributed by atoms with van der Waals surface area (Å²) >= 11 is 0. The van der Waals surface area contributed by atoms with E-state index < -0.39 is 0 Å². The van der Waals surface area contributed by atoms with Crippen LogP contribution in [0.1, 0.15) is 53.0 Å². The van der Waals surface area contributed by atoms with Crippen molar-refractivity contribution in [2.45, 2.75) is 38.5 Å². The summed E-state index contributed by atoms with van der Waals surface area (Å²) in [7, 11) is 0. The van der Waals surface area contributed by atoms with E-state index in [9.17, 15) is 0 Å². The molecule has 39 heavy (non-hydrogen) atoms. The molecule has 1 aromatic carbocycles. The summed E-state index contributed by atoms with van der Waals surface area (Å²) in [5, 5.41) is 4.08. The Labute approximate surface area is 225 Å². The molecule has 5 aromatic heterocycles. The molecule has 9 rings (SSSR count). The number of fused-ring (bicyclic) bond motifs is 12. The number of allylic oxidation sites excluding steroid dienone is 3. The highest BCUT2D eigenvalue weighted by Crippen LogP contribution is 2.49. The maximum Gasteiger partial charge on any atom is 0.0659 e. The first kappa shape index (κ1) is 21.3. The predicted molar refractivity (Wildman–Crippen MR) is 160 cm³/mol. The predicted octanol–water partition coefficient (Wildman–Crippen LogP) is 7.72. The number of nitrogens with zero attached hydrogens (tertiary/aromatic N) is 4. The fourth-order valence-corrected chi connectivity index (χ4v) is 7.31. The van der Waals surface area contributed by atoms with E-state index in [0.29, 0.717) is 0 Å². The van der Waals surface area contributed by atoms with Gasteiger partial charge in [0.15, 0.2) is 0 Å². The normalized spacial score (nSPS) is 15.8. The molecule has 0 unspecified atom stereocenters. The number of rotatable bonds is 2. The maximum absolute atomic E-state index is 4.36. The first-order valence-electron chi connectivity index (χ1n) is 14.0. The van der Waals surface area contributed by atoms with Gasteiger partial charge in [0.05, 0.1) is 16.6 Å². The Hall–Kier alpha value is -4.64. The third-order valence-electron chi connectivity index (χ3n) is 8.82. The Morgan fingerprint density at radius 2 is 1.26 bits per heavy atom. The topological polar surface area (TPSA) is 51.4 Å². The molecule has 0 saturated heterocycles. The number of H-pyrrole nitrogens is 1. The van der Waals surface area contributed by atoms with E-state index in [2.05, 4.69) is 84.8 Å². The van der Waals surface area contributed by atoms with E-state index in [1.54, 1.807) is 0 Å². The lowest BCUT2D eigenvalue weighted by molar-refractivity contribution is 0.888. The third-order valence-corrected chi connectivity index (χ3v) is 8.82. The highest BCUT2D eigenvalue weighted by molar-refractivity contribution is 6.29. The second-order valence-corrected chi connectivity index (χ2v) is 10.8. The van der Waals surface area contributed by atoms with E-state index in [4.69, 9.17) is 0 Å². The van der Waals surface area contributed by atoms with Crippen LogP contribution in [0.5, 0.6) is 0 Å². The fourth-order valence-electron chi connectivity index (χ4n) is 7.31. The van der Waals surface area contributed by atoms with Crippen LogP contribution in [0.25, 0.3) is 62.3 Å². The Kier molecular flexibility index (Phi) is 4.33. The summed E-state index contributed by atoms with van der Waals surface area (Å²) in [4.78, 5) is 12.7. The minimum atomic E-state index is 1.02. The van der Waals surface area contributed by atoms with Gasteiger partial charge in [-0.3, -0.25) is 9.97 Å². The van der Waals surface area contributed by atoms with E-state index in [1.165, 1.54) is 72.2 Å². The highest BCUT2D eigenvalue weighted by atomic mass is 15.0. The molecule has 0 saturated carbocycles. The van der Waals surface area contributed by atoms with Crippen LogP contribution in [0.15, 0.2) is 67.3 Å². The standard InChI is InChI=1S/C34H27N5/c1-4-10-26-23(7-1)29-32(37-26)30-24-8-2-5-11-27(24)38(21-13-17-35-18-14-21)34(30)31-25-9-3-6-12-28(25)39(33(29)31)22-15-19-36-20-16-22/h1,3,5,7,9,11,13-20,37H,2,4,6,8,10,12H2. The molecule has 0 atom stereocenters. The SMILES string of the molecule is C1=Cc2c([nH]c3c4c5c(n(-c6ccncc6)c4c4c6c(n(-c7ccncc7)c4c23)CCC=C6)C=CCC5)CC1. The second-order valence-electron chi connectivity index (χ2n) is 10.8. The van der Waals surface area contributed by atoms with Crippen molar-refractivity contribution in [3.63, 3.8) is 0 Å². The van der Waals surface area contributed by atoms with Gasteiger partial charge in [0, 0.05) is 80.5 Å². The summed E-state index contributed by atoms with van der Waals surface area (Å²) in [5.74, 6) is 0. The molecule has 0 radical (unpaired) electrons. The zero-order valence-electron chi connectivity index (χ0n) is 21.6. The molecule has 5 heterocycles. The Bertz CT molecular complexity index is 2040. The fraction of sp³-hybridized carbons (Fsp3) is 0.176. The van der Waals surface area contributed by atoms with Crippen LogP contribution in [0, 0.1) is 0 Å². The summed E-state index contributed by atoms with van der Waals surface area (Å²) in [5.41, 5.74) is 14.4. The Balaban J connectivity index is 1.62. The third kappa shape index (κ3) is 2.79. The van der Waals surface area contributed by atoms with Gasteiger partial charge >= 0.3 is 0 Å². The molecule has 3 aliphatic rings. The van der Waals surface area contributed by atoms with Gasteiger partial charge in [-0.05, 0) is 74.4 Å². The number of pyridine rings is 2. The average Bonchev–Trinajstić information content (AvgIpc) is 3.66. The number of aromatic amines is 1. The highest BCUT2D eigenvalue weighted by Gasteiger charge is 2.31. The van der Waals surface area contributed by atoms with E-state index >= 15 is 0 Å². The van der Waals surface area contributed by atoms with Crippen LogP contribution in [-0.2, 0) is 19.3 Å². The molecule has 188 valence electrons. The molecule has 6 aromatic rings. The van der Waals surface area contributed by atoms with Crippen LogP contribution in [0.3, 0.4) is 0 Å². The zero-order valence-corrected chi connectivity index (χ0v) is 21.6. The minimum Gasteiger partial charge on any atom is -0.357 e. The number of nitrogens with one attached hydrogen (secondary N) is 1. The number of hydrogen-bond donors (Lipinski definition) is 1. The summed E-state index contributed by atoms with van der Waals surface area (Å²) in [6, 6.07) is 8.59. The van der Waals surface area contributed by atoms with Crippen LogP contribution in [0.4, 0.5) is 0 Å². The lowest BCUT2D eigenvalue weighted by Crippen LogP contribution is -2.03. The Morgan fingerprint density at radius 3 is 2.05 bits per heavy atom. The quantitative estimate of drug-likeness (QED) is 0.262. The van der Waals surface area contributed by atoms with Crippen molar-refractivity contribution in [2.75, 3.05) is 0 Å². The van der Waals surface area contributed by atoms with Crippen LogP contribution in [0.2, 0.25) is 0 Å². The second kappa shape index (κ2) is 7.93. The van der Waals surface area contributed by atoms with E-state index in [1.807, 2.05) is 24.8 Å². The zero-order chi connectivity index (χ0) is 25.5. The van der Waals surface area contributed by atoms with Crippen molar-refractivity contribution in [3.05, 3.63) is 101 Å². The molecule has 0 amide bonds. The number of aryl methyl sites for hydroxylation is 2. The smallest absolute Gasteiger partial charge is 0.0659 e. The summed E-state index contributed by atoms with van der Waals surface area (Å²) < 4.78 is 5.03. The molecular formula is C34H27N5. The monoisotopic (exact) mass is 505 g/mol. The first-order chi connectivity index (χ1) is 19.4. The first-order valence-corrected chi connectivity index (χ1v) is 14.0. The van der Waals surface area contributed by atoms with Crippen molar-refractivity contribution in [1.29, 1.82) is 0 Å². The van der Waals surface area contributed by atoms with Gasteiger partial charge in [0.25, 0.3) is 0 Å². The maximum atomic E-state index is 4.36. The lowest BCUT2D eigenvalue weighted by Gasteiger charge is -2.14. The average molecular weight is 506 g/mol. The number of aromatic nitrogens is 5. The lowest BCUT2D eigenvalue weighted by atomic mass is 9.94. The molecule has 5 nitrogen and oxygen atoms in total. The molecule has 0 fully saturated rings.